The Morgan fingerprint density at radius 3 is 0.861 bits per heavy atom. The molecular formula is C66H112O6. The Labute approximate surface area is 445 Å². The normalized spacial score (nSPS) is 12.8. The number of ether oxygens (including phenoxy) is 3. The summed E-state index contributed by atoms with van der Waals surface area (Å²) in [5, 5.41) is 0. The third kappa shape index (κ3) is 57.2. The maximum Gasteiger partial charge on any atom is 0.306 e. The fourth-order valence-corrected chi connectivity index (χ4v) is 8.30. The second-order valence-electron chi connectivity index (χ2n) is 19.9. The van der Waals surface area contributed by atoms with Crippen molar-refractivity contribution in [3.8, 4) is 0 Å². The maximum atomic E-state index is 12.9. The van der Waals surface area contributed by atoms with Gasteiger partial charge in [0.15, 0.2) is 6.10 Å². The van der Waals surface area contributed by atoms with E-state index < -0.39 is 6.10 Å². The molecule has 0 aromatic heterocycles. The predicted molar refractivity (Wildman–Crippen MR) is 311 cm³/mol. The van der Waals surface area contributed by atoms with E-state index in [2.05, 4.69) is 118 Å². The van der Waals surface area contributed by atoms with Crippen molar-refractivity contribution in [1.29, 1.82) is 0 Å². The molecule has 1 unspecified atom stereocenters. The summed E-state index contributed by atoms with van der Waals surface area (Å²) >= 11 is 0. The van der Waals surface area contributed by atoms with Gasteiger partial charge >= 0.3 is 17.9 Å². The molecule has 0 rings (SSSR count). The first-order valence-electron chi connectivity index (χ1n) is 30.2. The molecule has 0 saturated carbocycles. The SMILES string of the molecule is CC/C=C\C/C=C\C/C=C\C/C=C\C/C=C\C/C=C\C/C=C\CCCCCCCC(=O)OCC(COC(=O)CCCCCCCCCCCC)OC(=O)CCCCCCCCC/C=C\CCCCCCCC. The number of carbonyl (C=O) groups excluding carboxylic acids is 3. The van der Waals surface area contributed by atoms with Gasteiger partial charge in [0.1, 0.15) is 13.2 Å². The Morgan fingerprint density at radius 1 is 0.292 bits per heavy atom. The van der Waals surface area contributed by atoms with Crippen LogP contribution in [0.1, 0.15) is 284 Å². The molecule has 1 atom stereocenters. The lowest BCUT2D eigenvalue weighted by Gasteiger charge is -2.18. The van der Waals surface area contributed by atoms with Crippen LogP contribution in [-0.4, -0.2) is 37.2 Å². The van der Waals surface area contributed by atoms with E-state index >= 15 is 0 Å². The van der Waals surface area contributed by atoms with Crippen molar-refractivity contribution in [1.82, 2.24) is 0 Å². The fraction of sp³-hybridized carbons (Fsp3) is 0.712. The van der Waals surface area contributed by atoms with E-state index in [4.69, 9.17) is 14.2 Å². The van der Waals surface area contributed by atoms with Crippen molar-refractivity contribution < 1.29 is 28.6 Å². The highest BCUT2D eigenvalue weighted by Crippen LogP contribution is 2.15. The summed E-state index contributed by atoms with van der Waals surface area (Å²) in [5.41, 5.74) is 0. The monoisotopic (exact) mass is 1000 g/mol. The number of hydrogen-bond donors (Lipinski definition) is 0. The topological polar surface area (TPSA) is 78.9 Å². The van der Waals surface area contributed by atoms with Crippen LogP contribution in [0.25, 0.3) is 0 Å². The lowest BCUT2D eigenvalue weighted by atomic mass is 10.1. The molecule has 72 heavy (non-hydrogen) atoms. The van der Waals surface area contributed by atoms with Crippen LogP contribution in [0.15, 0.2) is 97.2 Å². The molecule has 6 nitrogen and oxygen atoms in total. The van der Waals surface area contributed by atoms with Gasteiger partial charge in [-0.1, -0.05) is 259 Å². The second-order valence-corrected chi connectivity index (χ2v) is 19.9. The van der Waals surface area contributed by atoms with Crippen LogP contribution >= 0.6 is 0 Å². The highest BCUT2D eigenvalue weighted by molar-refractivity contribution is 5.71. The molecule has 0 aliphatic heterocycles. The third-order valence-electron chi connectivity index (χ3n) is 12.8. The molecule has 6 heteroatoms. The van der Waals surface area contributed by atoms with Crippen LogP contribution in [-0.2, 0) is 28.6 Å². The predicted octanol–water partition coefficient (Wildman–Crippen LogP) is 20.5. The summed E-state index contributed by atoms with van der Waals surface area (Å²) in [6, 6.07) is 0. The largest absolute Gasteiger partial charge is 0.462 e. The van der Waals surface area contributed by atoms with Gasteiger partial charge in [-0.25, -0.2) is 0 Å². The van der Waals surface area contributed by atoms with E-state index in [1.54, 1.807) is 0 Å². The molecule has 0 fully saturated rings. The van der Waals surface area contributed by atoms with Crippen molar-refractivity contribution in [2.45, 2.75) is 290 Å². The van der Waals surface area contributed by atoms with Crippen LogP contribution in [0.3, 0.4) is 0 Å². The molecule has 0 N–H and O–H groups in total. The zero-order valence-electron chi connectivity index (χ0n) is 47.2. The van der Waals surface area contributed by atoms with E-state index in [0.717, 1.165) is 122 Å². The van der Waals surface area contributed by atoms with E-state index in [-0.39, 0.29) is 31.1 Å². The third-order valence-corrected chi connectivity index (χ3v) is 12.8. The van der Waals surface area contributed by atoms with Crippen LogP contribution in [0, 0.1) is 0 Å². The Bertz CT molecular complexity index is 1430. The molecule has 0 amide bonds. The first-order chi connectivity index (χ1) is 35.5. The van der Waals surface area contributed by atoms with Gasteiger partial charge < -0.3 is 14.2 Å². The number of allylic oxidation sites excluding steroid dienone is 16. The molecule has 0 heterocycles. The second kappa shape index (κ2) is 59.9. The summed E-state index contributed by atoms with van der Waals surface area (Å²) in [6.07, 6.45) is 79.8. The lowest BCUT2D eigenvalue weighted by molar-refractivity contribution is -0.167. The minimum Gasteiger partial charge on any atom is -0.462 e. The summed E-state index contributed by atoms with van der Waals surface area (Å²) in [5.74, 6) is -0.904. The first kappa shape index (κ1) is 68.3. The molecule has 0 bridgehead atoms. The Kier molecular flexibility index (Phi) is 56.8. The van der Waals surface area contributed by atoms with Gasteiger partial charge in [0.2, 0.25) is 0 Å². The number of esters is 3. The average molecular weight is 1000 g/mol. The fourth-order valence-electron chi connectivity index (χ4n) is 8.30. The highest BCUT2D eigenvalue weighted by atomic mass is 16.6. The van der Waals surface area contributed by atoms with Crippen molar-refractivity contribution in [3.05, 3.63) is 97.2 Å². The minimum absolute atomic E-state index is 0.0836. The molecule has 412 valence electrons. The van der Waals surface area contributed by atoms with E-state index in [0.29, 0.717) is 19.3 Å². The van der Waals surface area contributed by atoms with Gasteiger partial charge in [-0.15, -0.1) is 0 Å². The summed E-state index contributed by atoms with van der Waals surface area (Å²) in [6.45, 7) is 6.50. The standard InChI is InChI=1S/C66H112O6/c1-4-7-10-13-16-19-22-24-26-28-29-30-31-32-33-34-35-36-37-39-40-42-44-47-50-53-56-59-65(68)71-62-63(61-70-64(67)58-55-52-49-46-21-18-15-12-9-6-3)72-66(69)60-57-54-51-48-45-43-41-38-27-25-23-20-17-14-11-8-5-2/h7,10,16,19,24-27,29-30,32-33,35-36,39-40,63H,4-6,8-9,11-15,17-18,20-23,28,31,34,37-38,41-62H2,1-3H3/b10-7-,19-16-,26-24-,27-25-,30-29-,33-32-,36-35-,40-39-. The average Bonchev–Trinajstić information content (AvgIpc) is 3.38. The molecule has 0 aliphatic carbocycles. The van der Waals surface area contributed by atoms with Gasteiger partial charge in [-0.3, -0.25) is 14.4 Å². The Balaban J connectivity index is 4.32. The van der Waals surface area contributed by atoms with Gasteiger partial charge in [0.05, 0.1) is 0 Å². The Hall–Kier alpha value is -3.67. The van der Waals surface area contributed by atoms with Crippen LogP contribution in [0.4, 0.5) is 0 Å². The van der Waals surface area contributed by atoms with Gasteiger partial charge in [-0.05, 0) is 103 Å². The van der Waals surface area contributed by atoms with Crippen molar-refractivity contribution >= 4 is 17.9 Å². The number of carbonyl (C=O) groups is 3. The highest BCUT2D eigenvalue weighted by Gasteiger charge is 2.19. The van der Waals surface area contributed by atoms with Crippen molar-refractivity contribution in [2.75, 3.05) is 13.2 Å². The van der Waals surface area contributed by atoms with Gasteiger partial charge in [-0.2, -0.15) is 0 Å². The summed E-state index contributed by atoms with van der Waals surface area (Å²) < 4.78 is 16.8. The van der Waals surface area contributed by atoms with Crippen molar-refractivity contribution in [2.24, 2.45) is 0 Å². The molecule has 0 aliphatic rings. The van der Waals surface area contributed by atoms with E-state index in [9.17, 15) is 14.4 Å². The van der Waals surface area contributed by atoms with Crippen LogP contribution in [0.2, 0.25) is 0 Å². The maximum absolute atomic E-state index is 12.9. The van der Waals surface area contributed by atoms with E-state index in [1.165, 1.54) is 122 Å². The van der Waals surface area contributed by atoms with Crippen LogP contribution < -0.4 is 0 Å². The Morgan fingerprint density at radius 2 is 0.542 bits per heavy atom. The molecule has 0 saturated heterocycles. The molecule has 0 radical (unpaired) electrons. The number of rotatable bonds is 54. The van der Waals surface area contributed by atoms with Crippen LogP contribution in [0.5, 0.6) is 0 Å². The lowest BCUT2D eigenvalue weighted by Crippen LogP contribution is -2.30. The molecule has 0 aromatic rings. The zero-order valence-corrected chi connectivity index (χ0v) is 47.2. The van der Waals surface area contributed by atoms with E-state index in [1.807, 2.05) is 0 Å². The minimum atomic E-state index is -0.787. The number of hydrogen-bond acceptors (Lipinski definition) is 6. The summed E-state index contributed by atoms with van der Waals surface area (Å²) in [4.78, 5) is 38.1. The molecule has 0 spiro atoms. The molecule has 0 aromatic carbocycles. The smallest absolute Gasteiger partial charge is 0.306 e. The summed E-state index contributed by atoms with van der Waals surface area (Å²) in [7, 11) is 0. The molecular weight excluding hydrogens is 889 g/mol. The van der Waals surface area contributed by atoms with Gasteiger partial charge in [0, 0.05) is 19.3 Å². The van der Waals surface area contributed by atoms with Crippen molar-refractivity contribution in [3.63, 3.8) is 0 Å². The zero-order chi connectivity index (χ0) is 52.2. The van der Waals surface area contributed by atoms with Gasteiger partial charge in [0.25, 0.3) is 0 Å². The number of unbranched alkanes of at least 4 members (excludes halogenated alkanes) is 27. The first-order valence-corrected chi connectivity index (χ1v) is 30.2. The quantitative estimate of drug-likeness (QED) is 0.0261.